The van der Waals surface area contributed by atoms with Gasteiger partial charge < -0.3 is 0 Å². The van der Waals surface area contributed by atoms with Crippen LogP contribution >= 0.6 is 11.7 Å². The SMILES string of the molecule is Cc1ccc(F)c(NS(=O)(=O)c2cccc3nsnc23)c1. The zero-order valence-electron chi connectivity index (χ0n) is 10.9. The second-order valence-corrected chi connectivity index (χ2v) is 6.66. The fourth-order valence-electron chi connectivity index (χ4n) is 1.92. The Kier molecular flexibility index (Phi) is 3.34. The predicted octanol–water partition coefficient (Wildman–Crippen LogP) is 2.94. The van der Waals surface area contributed by atoms with Crippen molar-refractivity contribution in [2.75, 3.05) is 4.72 Å². The molecule has 5 nitrogen and oxygen atoms in total. The van der Waals surface area contributed by atoms with E-state index in [1.807, 2.05) is 0 Å². The van der Waals surface area contributed by atoms with E-state index >= 15 is 0 Å². The van der Waals surface area contributed by atoms with Gasteiger partial charge in [-0.15, -0.1) is 0 Å². The van der Waals surface area contributed by atoms with Crippen molar-refractivity contribution in [3.05, 3.63) is 47.8 Å². The van der Waals surface area contributed by atoms with Crippen molar-refractivity contribution in [2.24, 2.45) is 0 Å². The van der Waals surface area contributed by atoms with Gasteiger partial charge >= 0.3 is 0 Å². The van der Waals surface area contributed by atoms with Gasteiger partial charge in [0.25, 0.3) is 10.0 Å². The van der Waals surface area contributed by atoms with Crippen molar-refractivity contribution in [1.82, 2.24) is 8.75 Å². The lowest BCUT2D eigenvalue weighted by Gasteiger charge is -2.09. The monoisotopic (exact) mass is 323 g/mol. The van der Waals surface area contributed by atoms with Crippen molar-refractivity contribution in [1.29, 1.82) is 0 Å². The molecular weight excluding hydrogens is 313 g/mol. The molecule has 0 bridgehead atoms. The van der Waals surface area contributed by atoms with E-state index in [2.05, 4.69) is 13.5 Å². The van der Waals surface area contributed by atoms with Crippen LogP contribution in [0.5, 0.6) is 0 Å². The quantitative estimate of drug-likeness (QED) is 0.804. The second-order valence-electron chi connectivity index (χ2n) is 4.48. The van der Waals surface area contributed by atoms with Gasteiger partial charge in [0.2, 0.25) is 0 Å². The van der Waals surface area contributed by atoms with E-state index in [1.54, 1.807) is 25.1 Å². The smallest absolute Gasteiger partial charge is 0.264 e. The van der Waals surface area contributed by atoms with Crippen molar-refractivity contribution in [3.8, 4) is 0 Å². The van der Waals surface area contributed by atoms with E-state index in [4.69, 9.17) is 0 Å². The molecule has 3 rings (SSSR count). The molecule has 0 aliphatic rings. The number of nitrogens with one attached hydrogen (secondary N) is 1. The van der Waals surface area contributed by atoms with E-state index in [9.17, 15) is 12.8 Å². The number of benzene rings is 2. The maximum Gasteiger partial charge on any atom is 0.264 e. The third kappa shape index (κ3) is 2.59. The molecule has 108 valence electrons. The molecule has 0 radical (unpaired) electrons. The number of aryl methyl sites for hydroxylation is 1. The standard InChI is InChI=1S/C13H10FN3O2S2/c1-8-5-6-9(14)11(7-8)17-21(18,19)12-4-2-3-10-13(12)16-20-15-10/h2-7,17H,1H3. The summed E-state index contributed by atoms with van der Waals surface area (Å²) in [5, 5.41) is 0. The number of halogens is 1. The average Bonchev–Trinajstić information content (AvgIpc) is 2.90. The molecule has 0 saturated heterocycles. The van der Waals surface area contributed by atoms with Crippen molar-refractivity contribution in [2.45, 2.75) is 11.8 Å². The van der Waals surface area contributed by atoms with Gasteiger partial charge in [-0.1, -0.05) is 12.1 Å². The lowest BCUT2D eigenvalue weighted by molar-refractivity contribution is 0.599. The molecule has 0 aliphatic heterocycles. The molecule has 0 unspecified atom stereocenters. The number of aromatic nitrogens is 2. The number of fused-ring (bicyclic) bond motifs is 1. The Balaban J connectivity index is 2.09. The predicted molar refractivity (Wildman–Crippen MR) is 79.4 cm³/mol. The van der Waals surface area contributed by atoms with Gasteiger partial charge in [0.15, 0.2) is 0 Å². The summed E-state index contributed by atoms with van der Waals surface area (Å²) < 4.78 is 48.8. The van der Waals surface area contributed by atoms with Gasteiger partial charge in [-0.05, 0) is 36.8 Å². The molecule has 3 aromatic rings. The zero-order chi connectivity index (χ0) is 15.0. The Labute approximate surface area is 124 Å². The first kappa shape index (κ1) is 13.9. The average molecular weight is 323 g/mol. The number of hydrogen-bond acceptors (Lipinski definition) is 5. The summed E-state index contributed by atoms with van der Waals surface area (Å²) in [7, 11) is -3.93. The molecule has 2 aromatic carbocycles. The third-order valence-electron chi connectivity index (χ3n) is 2.90. The van der Waals surface area contributed by atoms with Crippen LogP contribution in [0, 0.1) is 12.7 Å². The van der Waals surface area contributed by atoms with Crippen molar-refractivity contribution >= 4 is 38.5 Å². The summed E-state index contributed by atoms with van der Waals surface area (Å²) in [5.41, 5.74) is 1.44. The molecular formula is C13H10FN3O2S2. The minimum atomic E-state index is -3.93. The largest absolute Gasteiger partial charge is 0.277 e. The Morgan fingerprint density at radius 3 is 2.81 bits per heavy atom. The van der Waals surface area contributed by atoms with Crippen LogP contribution in [0.4, 0.5) is 10.1 Å². The van der Waals surface area contributed by atoms with Gasteiger partial charge in [-0.25, -0.2) is 12.8 Å². The van der Waals surface area contributed by atoms with Crippen LogP contribution in [0.15, 0.2) is 41.3 Å². The highest BCUT2D eigenvalue weighted by Crippen LogP contribution is 2.25. The molecule has 1 heterocycles. The topological polar surface area (TPSA) is 72.0 Å². The molecule has 1 aromatic heterocycles. The van der Waals surface area contributed by atoms with Crippen LogP contribution in [-0.4, -0.2) is 17.2 Å². The zero-order valence-corrected chi connectivity index (χ0v) is 12.5. The number of hydrogen-bond donors (Lipinski definition) is 1. The molecule has 0 saturated carbocycles. The number of sulfonamides is 1. The minimum Gasteiger partial charge on any atom is -0.277 e. The number of rotatable bonds is 3. The highest BCUT2D eigenvalue weighted by molar-refractivity contribution is 7.93. The lowest BCUT2D eigenvalue weighted by Crippen LogP contribution is -2.14. The summed E-state index contributed by atoms with van der Waals surface area (Å²) in [6, 6.07) is 8.89. The molecule has 8 heteroatoms. The highest BCUT2D eigenvalue weighted by Gasteiger charge is 2.21. The van der Waals surface area contributed by atoms with Crippen LogP contribution in [0.3, 0.4) is 0 Å². The first-order valence-corrected chi connectivity index (χ1v) is 8.19. The van der Waals surface area contributed by atoms with Crippen LogP contribution in [0.25, 0.3) is 11.0 Å². The lowest BCUT2D eigenvalue weighted by atomic mass is 10.2. The third-order valence-corrected chi connectivity index (χ3v) is 4.84. The minimum absolute atomic E-state index is 0.0188. The van der Waals surface area contributed by atoms with Crippen molar-refractivity contribution < 1.29 is 12.8 Å². The Hall–Kier alpha value is -2.06. The van der Waals surface area contributed by atoms with E-state index in [0.717, 1.165) is 17.3 Å². The van der Waals surface area contributed by atoms with E-state index < -0.39 is 15.8 Å². The van der Waals surface area contributed by atoms with E-state index in [-0.39, 0.29) is 16.1 Å². The second kappa shape index (κ2) is 5.05. The van der Waals surface area contributed by atoms with Crippen LogP contribution < -0.4 is 4.72 Å². The van der Waals surface area contributed by atoms with E-state index in [1.165, 1.54) is 18.2 Å². The molecule has 0 atom stereocenters. The number of anilines is 1. The first-order chi connectivity index (χ1) is 9.97. The summed E-state index contributed by atoms with van der Waals surface area (Å²) in [6.07, 6.45) is 0. The van der Waals surface area contributed by atoms with Gasteiger partial charge in [-0.2, -0.15) is 8.75 Å². The molecule has 0 aliphatic carbocycles. The Bertz CT molecular complexity index is 922. The summed E-state index contributed by atoms with van der Waals surface area (Å²) in [6.45, 7) is 1.75. The summed E-state index contributed by atoms with van der Waals surface area (Å²) in [5.74, 6) is -0.632. The van der Waals surface area contributed by atoms with E-state index in [0.29, 0.717) is 5.52 Å². The van der Waals surface area contributed by atoms with Gasteiger partial charge in [0.1, 0.15) is 21.7 Å². The van der Waals surface area contributed by atoms with Crippen LogP contribution in [0.1, 0.15) is 5.56 Å². The van der Waals surface area contributed by atoms with Crippen molar-refractivity contribution in [3.63, 3.8) is 0 Å². The summed E-state index contributed by atoms with van der Waals surface area (Å²) in [4.78, 5) is -0.0188. The maximum absolute atomic E-state index is 13.7. The molecule has 21 heavy (non-hydrogen) atoms. The normalized spacial score (nSPS) is 11.7. The van der Waals surface area contributed by atoms with Crippen LogP contribution in [-0.2, 0) is 10.0 Å². The van der Waals surface area contributed by atoms with Gasteiger partial charge in [0, 0.05) is 0 Å². The Morgan fingerprint density at radius 2 is 2.00 bits per heavy atom. The Morgan fingerprint density at radius 1 is 1.19 bits per heavy atom. The summed E-state index contributed by atoms with van der Waals surface area (Å²) >= 11 is 0.929. The first-order valence-electron chi connectivity index (χ1n) is 5.97. The molecule has 0 amide bonds. The molecule has 0 fully saturated rings. The molecule has 1 N–H and O–H groups in total. The number of nitrogens with zero attached hydrogens (tertiary/aromatic N) is 2. The van der Waals surface area contributed by atoms with Gasteiger partial charge in [0.05, 0.1) is 17.4 Å². The molecule has 0 spiro atoms. The highest BCUT2D eigenvalue weighted by atomic mass is 32.2. The maximum atomic E-state index is 13.7. The van der Waals surface area contributed by atoms with Crippen LogP contribution in [0.2, 0.25) is 0 Å². The van der Waals surface area contributed by atoms with Gasteiger partial charge in [-0.3, -0.25) is 4.72 Å². The fourth-order valence-corrected chi connectivity index (χ4v) is 3.74. The fraction of sp³-hybridized carbons (Fsp3) is 0.0769.